The van der Waals surface area contributed by atoms with Gasteiger partial charge in [0.1, 0.15) is 0 Å². The van der Waals surface area contributed by atoms with E-state index in [1.165, 1.54) is 17.4 Å². The van der Waals surface area contributed by atoms with E-state index >= 15 is 0 Å². The van der Waals surface area contributed by atoms with E-state index < -0.39 is 16.2 Å². The molecule has 1 rings (SSSR count). The lowest BCUT2D eigenvalue weighted by Crippen LogP contribution is -2.33. The van der Waals surface area contributed by atoms with Crippen molar-refractivity contribution >= 4 is 21.9 Å². The van der Waals surface area contributed by atoms with E-state index in [-0.39, 0.29) is 11.3 Å². The number of benzene rings is 1. The highest BCUT2D eigenvalue weighted by atomic mass is 32.2. The molecule has 0 atom stereocenters. The van der Waals surface area contributed by atoms with Crippen LogP contribution in [0.4, 0.5) is 5.69 Å². The molecule has 0 fully saturated rings. The van der Waals surface area contributed by atoms with Crippen LogP contribution in [0.2, 0.25) is 0 Å². The number of aryl methyl sites for hydroxylation is 1. The molecule has 0 radical (unpaired) electrons. The van der Waals surface area contributed by atoms with Crippen molar-refractivity contribution in [3.8, 4) is 0 Å². The van der Waals surface area contributed by atoms with E-state index in [9.17, 15) is 18.3 Å². The van der Waals surface area contributed by atoms with Crippen LogP contribution in [-0.2, 0) is 10.2 Å². The van der Waals surface area contributed by atoms with Crippen molar-refractivity contribution in [2.24, 2.45) is 0 Å². The molecule has 0 heterocycles. The second kappa shape index (κ2) is 6.71. The molecule has 0 unspecified atom stereocenters. The smallest absolute Gasteiger partial charge is 0.338 e. The van der Waals surface area contributed by atoms with Crippen molar-refractivity contribution in [3.05, 3.63) is 29.3 Å². The molecule has 0 aromatic heterocycles. The van der Waals surface area contributed by atoms with Gasteiger partial charge in [0.2, 0.25) is 0 Å². The van der Waals surface area contributed by atoms with Crippen molar-refractivity contribution in [3.63, 3.8) is 0 Å². The van der Waals surface area contributed by atoms with Crippen LogP contribution in [0.3, 0.4) is 0 Å². The van der Waals surface area contributed by atoms with Crippen LogP contribution in [0.1, 0.15) is 35.7 Å². The molecular weight excluding hydrogens is 280 g/mol. The zero-order valence-electron chi connectivity index (χ0n) is 11.9. The van der Waals surface area contributed by atoms with Gasteiger partial charge in [-0.05, 0) is 25.0 Å². The van der Waals surface area contributed by atoms with Crippen molar-refractivity contribution in [1.82, 2.24) is 4.31 Å². The van der Waals surface area contributed by atoms with E-state index in [1.807, 2.05) is 6.92 Å². The lowest BCUT2D eigenvalue weighted by atomic mass is 10.1. The van der Waals surface area contributed by atoms with Crippen LogP contribution in [-0.4, -0.2) is 37.4 Å². The Morgan fingerprint density at radius 2 is 2.05 bits per heavy atom. The predicted octanol–water partition coefficient (Wildman–Crippen LogP) is 2.08. The number of carbonyl (C=O) groups is 1. The fourth-order valence-electron chi connectivity index (χ4n) is 1.75. The van der Waals surface area contributed by atoms with Gasteiger partial charge in [-0.2, -0.15) is 12.7 Å². The van der Waals surface area contributed by atoms with E-state index in [4.69, 9.17) is 0 Å². The minimum atomic E-state index is -3.74. The molecule has 0 amide bonds. The van der Waals surface area contributed by atoms with E-state index in [0.29, 0.717) is 12.1 Å². The summed E-state index contributed by atoms with van der Waals surface area (Å²) >= 11 is 0. The summed E-state index contributed by atoms with van der Waals surface area (Å²) in [6.45, 7) is 3.99. The average molecular weight is 300 g/mol. The van der Waals surface area contributed by atoms with Gasteiger partial charge < -0.3 is 5.11 Å². The Kier molecular flexibility index (Phi) is 5.52. The van der Waals surface area contributed by atoms with Gasteiger partial charge in [0.25, 0.3) is 0 Å². The van der Waals surface area contributed by atoms with Crippen LogP contribution in [0, 0.1) is 6.92 Å². The maximum Gasteiger partial charge on any atom is 0.338 e. The number of rotatable bonds is 7. The molecule has 0 aliphatic rings. The number of anilines is 1. The Balaban J connectivity index is 3.04. The molecule has 1 aromatic rings. The maximum absolute atomic E-state index is 12.1. The van der Waals surface area contributed by atoms with Gasteiger partial charge in [-0.3, -0.25) is 4.72 Å². The zero-order chi connectivity index (χ0) is 15.3. The van der Waals surface area contributed by atoms with E-state index in [1.54, 1.807) is 19.1 Å². The number of nitrogens with one attached hydrogen (secondary N) is 1. The van der Waals surface area contributed by atoms with E-state index in [0.717, 1.165) is 12.8 Å². The number of aromatic carboxylic acids is 1. The third-order valence-corrected chi connectivity index (χ3v) is 4.44. The molecule has 6 nitrogen and oxygen atoms in total. The molecule has 0 bridgehead atoms. The second-order valence-electron chi connectivity index (χ2n) is 4.58. The summed E-state index contributed by atoms with van der Waals surface area (Å²) in [5.74, 6) is -1.16. The largest absolute Gasteiger partial charge is 0.478 e. The van der Waals surface area contributed by atoms with Crippen LogP contribution in [0.5, 0.6) is 0 Å². The standard InChI is InChI=1S/C13H20N2O4S/c1-4-5-9-15(3)20(18,19)14-11-8-6-7-10(2)12(11)13(16)17/h6-8,14H,4-5,9H2,1-3H3,(H,16,17). The third kappa shape index (κ3) is 3.94. The molecule has 20 heavy (non-hydrogen) atoms. The predicted molar refractivity (Wildman–Crippen MR) is 78.2 cm³/mol. The molecule has 7 heteroatoms. The molecule has 0 aliphatic heterocycles. The Morgan fingerprint density at radius 1 is 1.40 bits per heavy atom. The van der Waals surface area contributed by atoms with Crippen LogP contribution in [0.25, 0.3) is 0 Å². The van der Waals surface area contributed by atoms with Crippen LogP contribution >= 0.6 is 0 Å². The summed E-state index contributed by atoms with van der Waals surface area (Å²) < 4.78 is 27.7. The summed E-state index contributed by atoms with van der Waals surface area (Å²) in [5.41, 5.74) is 0.565. The maximum atomic E-state index is 12.1. The number of hydrogen-bond acceptors (Lipinski definition) is 3. The number of nitrogens with zero attached hydrogens (tertiary/aromatic N) is 1. The molecule has 0 aliphatic carbocycles. The Bertz CT molecular complexity index is 584. The summed E-state index contributed by atoms with van der Waals surface area (Å²) in [6.07, 6.45) is 1.63. The Morgan fingerprint density at radius 3 is 2.60 bits per heavy atom. The topological polar surface area (TPSA) is 86.7 Å². The van der Waals surface area contributed by atoms with Crippen molar-refractivity contribution < 1.29 is 18.3 Å². The molecule has 0 spiro atoms. The summed E-state index contributed by atoms with van der Waals surface area (Å²) in [5, 5.41) is 9.17. The summed E-state index contributed by atoms with van der Waals surface area (Å²) in [7, 11) is -2.27. The summed E-state index contributed by atoms with van der Waals surface area (Å²) in [6, 6.07) is 4.69. The quantitative estimate of drug-likeness (QED) is 0.807. The molecular formula is C13H20N2O4S. The van der Waals surface area contributed by atoms with Gasteiger partial charge >= 0.3 is 16.2 Å². The first-order chi connectivity index (χ1) is 9.29. The normalized spacial score (nSPS) is 11.6. The number of hydrogen-bond donors (Lipinski definition) is 2. The minimum Gasteiger partial charge on any atom is -0.478 e. The summed E-state index contributed by atoms with van der Waals surface area (Å²) in [4.78, 5) is 11.2. The lowest BCUT2D eigenvalue weighted by molar-refractivity contribution is 0.0697. The first kappa shape index (κ1) is 16.5. The Labute approximate surface area is 119 Å². The van der Waals surface area contributed by atoms with Crippen molar-refractivity contribution in [2.75, 3.05) is 18.3 Å². The third-order valence-electron chi connectivity index (χ3n) is 2.96. The van der Waals surface area contributed by atoms with Crippen molar-refractivity contribution in [2.45, 2.75) is 26.7 Å². The SMILES string of the molecule is CCCCN(C)S(=O)(=O)Nc1cccc(C)c1C(=O)O. The van der Waals surface area contributed by atoms with Crippen LogP contribution in [0.15, 0.2) is 18.2 Å². The highest BCUT2D eigenvalue weighted by molar-refractivity contribution is 7.90. The van der Waals surface area contributed by atoms with Crippen molar-refractivity contribution in [1.29, 1.82) is 0 Å². The van der Waals surface area contributed by atoms with Gasteiger partial charge in [0, 0.05) is 13.6 Å². The first-order valence-electron chi connectivity index (χ1n) is 6.36. The average Bonchev–Trinajstić information content (AvgIpc) is 2.34. The molecule has 112 valence electrons. The fourth-order valence-corrected chi connectivity index (χ4v) is 2.73. The molecule has 0 saturated heterocycles. The van der Waals surface area contributed by atoms with E-state index in [2.05, 4.69) is 4.72 Å². The minimum absolute atomic E-state index is 0.0278. The van der Waals surface area contributed by atoms with Gasteiger partial charge in [0.15, 0.2) is 0 Å². The zero-order valence-corrected chi connectivity index (χ0v) is 12.7. The van der Waals surface area contributed by atoms with Gasteiger partial charge in [-0.1, -0.05) is 25.5 Å². The van der Waals surface area contributed by atoms with Gasteiger partial charge in [0.05, 0.1) is 11.3 Å². The molecule has 2 N–H and O–H groups in total. The molecule has 0 saturated carbocycles. The number of carboxylic acid groups (broad SMARTS) is 1. The monoisotopic (exact) mass is 300 g/mol. The van der Waals surface area contributed by atoms with Gasteiger partial charge in [-0.25, -0.2) is 4.79 Å². The molecule has 1 aromatic carbocycles. The lowest BCUT2D eigenvalue weighted by Gasteiger charge is -2.19. The van der Waals surface area contributed by atoms with Crippen LogP contribution < -0.4 is 4.72 Å². The Hall–Kier alpha value is -1.60. The number of unbranched alkanes of at least 4 members (excludes halogenated alkanes) is 1. The number of carboxylic acids is 1. The fraction of sp³-hybridized carbons (Fsp3) is 0.462. The highest BCUT2D eigenvalue weighted by Gasteiger charge is 2.21. The first-order valence-corrected chi connectivity index (χ1v) is 7.80. The van der Waals surface area contributed by atoms with Gasteiger partial charge in [-0.15, -0.1) is 0 Å². The highest BCUT2D eigenvalue weighted by Crippen LogP contribution is 2.21. The second-order valence-corrected chi connectivity index (χ2v) is 6.36.